The Hall–Kier alpha value is -4.05. The van der Waals surface area contributed by atoms with Crippen LogP contribution in [0.1, 0.15) is 21.5 Å². The maximum Gasteiger partial charge on any atom is 0.337 e. The lowest BCUT2D eigenvalue weighted by atomic mass is 10.1. The average molecular weight is 513 g/mol. The van der Waals surface area contributed by atoms with Crippen molar-refractivity contribution in [3.05, 3.63) is 77.4 Å². The van der Waals surface area contributed by atoms with Crippen molar-refractivity contribution in [3.8, 4) is 11.5 Å². The van der Waals surface area contributed by atoms with Crippen molar-refractivity contribution in [2.75, 3.05) is 37.5 Å². The predicted molar refractivity (Wildman–Crippen MR) is 136 cm³/mol. The van der Waals surface area contributed by atoms with Crippen molar-refractivity contribution in [2.24, 2.45) is 0 Å². The normalized spacial score (nSPS) is 10.9. The number of methoxy groups -OCH3 is 3. The summed E-state index contributed by atoms with van der Waals surface area (Å²) in [6.07, 6.45) is 0. The molecule has 0 bridgehead atoms. The zero-order valence-electron chi connectivity index (χ0n) is 20.7. The van der Waals surface area contributed by atoms with Crippen LogP contribution >= 0.6 is 0 Å². The predicted octanol–water partition coefficient (Wildman–Crippen LogP) is 3.94. The Balaban J connectivity index is 1.97. The van der Waals surface area contributed by atoms with Gasteiger partial charge in [0.2, 0.25) is 5.91 Å². The van der Waals surface area contributed by atoms with Gasteiger partial charge in [0, 0.05) is 11.8 Å². The number of carbonyl (C=O) groups is 2. The van der Waals surface area contributed by atoms with E-state index in [1.807, 2.05) is 19.9 Å². The number of esters is 1. The average Bonchev–Trinajstić information content (AvgIpc) is 2.86. The van der Waals surface area contributed by atoms with Crippen LogP contribution in [-0.2, 0) is 19.6 Å². The van der Waals surface area contributed by atoms with Crippen molar-refractivity contribution in [3.63, 3.8) is 0 Å². The van der Waals surface area contributed by atoms with Crippen LogP contribution in [0.5, 0.6) is 11.5 Å². The van der Waals surface area contributed by atoms with Gasteiger partial charge in [0.25, 0.3) is 10.0 Å². The number of anilines is 2. The number of hydrogen-bond acceptors (Lipinski definition) is 7. The minimum atomic E-state index is -4.18. The van der Waals surface area contributed by atoms with E-state index >= 15 is 0 Å². The van der Waals surface area contributed by atoms with Crippen molar-refractivity contribution >= 4 is 33.3 Å². The third-order valence-corrected chi connectivity index (χ3v) is 7.08. The van der Waals surface area contributed by atoms with Crippen LogP contribution in [0.2, 0.25) is 0 Å². The van der Waals surface area contributed by atoms with Gasteiger partial charge in [-0.1, -0.05) is 6.07 Å². The van der Waals surface area contributed by atoms with Crippen LogP contribution in [-0.4, -0.2) is 48.2 Å². The van der Waals surface area contributed by atoms with E-state index in [1.165, 1.54) is 63.8 Å². The molecule has 1 N–H and O–H groups in total. The Bertz CT molecular complexity index is 1350. The van der Waals surface area contributed by atoms with Gasteiger partial charge in [0.05, 0.1) is 37.5 Å². The zero-order valence-corrected chi connectivity index (χ0v) is 21.5. The first-order valence-electron chi connectivity index (χ1n) is 10.9. The fourth-order valence-electron chi connectivity index (χ4n) is 3.65. The highest BCUT2D eigenvalue weighted by Crippen LogP contribution is 2.32. The van der Waals surface area contributed by atoms with Crippen molar-refractivity contribution < 1.29 is 32.2 Å². The highest BCUT2D eigenvalue weighted by molar-refractivity contribution is 7.92. The molecule has 0 saturated carbocycles. The number of amides is 1. The zero-order chi connectivity index (χ0) is 26.5. The van der Waals surface area contributed by atoms with Crippen LogP contribution in [0.3, 0.4) is 0 Å². The van der Waals surface area contributed by atoms with E-state index in [1.54, 1.807) is 12.1 Å². The lowest BCUT2D eigenvalue weighted by Crippen LogP contribution is -2.38. The van der Waals surface area contributed by atoms with Crippen LogP contribution in [0.4, 0.5) is 11.4 Å². The third-order valence-electron chi connectivity index (χ3n) is 5.31. The first kappa shape index (κ1) is 26.6. The second kappa shape index (κ2) is 11.1. The van der Waals surface area contributed by atoms with E-state index in [4.69, 9.17) is 9.47 Å². The largest absolute Gasteiger partial charge is 0.493 e. The van der Waals surface area contributed by atoms with E-state index in [9.17, 15) is 18.0 Å². The molecule has 0 unspecified atom stereocenters. The number of aryl methyl sites for hydroxylation is 2. The topological polar surface area (TPSA) is 111 Å². The molecule has 10 heteroatoms. The summed E-state index contributed by atoms with van der Waals surface area (Å²) in [6, 6.07) is 15.6. The van der Waals surface area contributed by atoms with Gasteiger partial charge in [0.15, 0.2) is 11.5 Å². The molecule has 0 radical (unpaired) electrons. The SMILES string of the molecule is COC(=O)c1ccc(NC(=O)CN(c2cc(C)cc(C)c2)S(=O)(=O)c2ccc(OC)c(OC)c2)cc1. The van der Waals surface area contributed by atoms with Crippen molar-refractivity contribution in [2.45, 2.75) is 18.7 Å². The summed E-state index contributed by atoms with van der Waals surface area (Å²) in [6.45, 7) is 3.21. The van der Waals surface area contributed by atoms with Crippen molar-refractivity contribution in [1.29, 1.82) is 0 Å². The highest BCUT2D eigenvalue weighted by Gasteiger charge is 2.29. The number of sulfonamides is 1. The highest BCUT2D eigenvalue weighted by atomic mass is 32.2. The van der Waals surface area contributed by atoms with Gasteiger partial charge >= 0.3 is 5.97 Å². The molecule has 3 aromatic rings. The second-order valence-corrected chi connectivity index (χ2v) is 9.85. The van der Waals surface area contributed by atoms with Gasteiger partial charge < -0.3 is 19.5 Å². The molecule has 190 valence electrons. The Kier molecular flexibility index (Phi) is 8.21. The summed E-state index contributed by atoms with van der Waals surface area (Å²) in [5.41, 5.74) is 2.76. The van der Waals surface area contributed by atoms with Crippen LogP contribution in [0, 0.1) is 13.8 Å². The molecule has 0 spiro atoms. The Morgan fingerprint density at radius 1 is 0.833 bits per heavy atom. The van der Waals surface area contributed by atoms with E-state index in [-0.39, 0.29) is 10.6 Å². The standard InChI is InChI=1S/C26H28N2O7S/c1-17-12-18(2)14-21(13-17)28(36(31,32)22-10-11-23(33-3)24(15-22)34-4)16-25(29)27-20-8-6-19(7-9-20)26(30)35-5/h6-15H,16H2,1-5H3,(H,27,29). The molecule has 0 aliphatic carbocycles. The van der Waals surface area contributed by atoms with E-state index in [0.717, 1.165) is 15.4 Å². The van der Waals surface area contributed by atoms with Crippen molar-refractivity contribution in [1.82, 2.24) is 0 Å². The van der Waals surface area contributed by atoms with Gasteiger partial charge in [-0.15, -0.1) is 0 Å². The number of nitrogens with zero attached hydrogens (tertiary/aromatic N) is 1. The van der Waals surface area contributed by atoms with Crippen LogP contribution in [0.25, 0.3) is 0 Å². The van der Waals surface area contributed by atoms with Gasteiger partial charge in [0.1, 0.15) is 6.54 Å². The van der Waals surface area contributed by atoms with Crippen LogP contribution < -0.4 is 19.1 Å². The van der Waals surface area contributed by atoms with E-state index in [2.05, 4.69) is 10.1 Å². The Labute approximate surface area is 210 Å². The maximum atomic E-state index is 13.8. The number of ether oxygens (including phenoxy) is 3. The fraction of sp³-hybridized carbons (Fsp3) is 0.231. The molecule has 9 nitrogen and oxygen atoms in total. The molecule has 0 aliphatic rings. The molecule has 0 aliphatic heterocycles. The molecule has 3 aromatic carbocycles. The fourth-order valence-corrected chi connectivity index (χ4v) is 5.07. The molecule has 3 rings (SSSR count). The summed E-state index contributed by atoms with van der Waals surface area (Å²) in [4.78, 5) is 24.6. The number of rotatable bonds is 9. The second-order valence-electron chi connectivity index (χ2n) is 7.99. The lowest BCUT2D eigenvalue weighted by molar-refractivity contribution is -0.114. The molecule has 0 atom stereocenters. The monoisotopic (exact) mass is 512 g/mol. The summed E-state index contributed by atoms with van der Waals surface area (Å²) in [5.74, 6) is -0.449. The lowest BCUT2D eigenvalue weighted by Gasteiger charge is -2.25. The maximum absolute atomic E-state index is 13.8. The summed E-state index contributed by atoms with van der Waals surface area (Å²) >= 11 is 0. The van der Waals surface area contributed by atoms with Gasteiger partial charge in [-0.2, -0.15) is 0 Å². The smallest absolute Gasteiger partial charge is 0.337 e. The quantitative estimate of drug-likeness (QED) is 0.432. The molecule has 0 aromatic heterocycles. The van der Waals surface area contributed by atoms with E-state index in [0.29, 0.717) is 22.7 Å². The minimum absolute atomic E-state index is 0.0606. The molecule has 0 heterocycles. The Morgan fingerprint density at radius 2 is 1.44 bits per heavy atom. The first-order chi connectivity index (χ1) is 17.1. The molecular formula is C26H28N2O7S. The molecule has 0 fully saturated rings. The summed E-state index contributed by atoms with van der Waals surface area (Å²) < 4.78 is 43.7. The summed E-state index contributed by atoms with van der Waals surface area (Å²) in [7, 11) is -0.0361. The van der Waals surface area contributed by atoms with Gasteiger partial charge in [-0.05, 0) is 73.5 Å². The minimum Gasteiger partial charge on any atom is -0.493 e. The van der Waals surface area contributed by atoms with Gasteiger partial charge in [-0.3, -0.25) is 9.10 Å². The number of nitrogens with one attached hydrogen (secondary N) is 1. The van der Waals surface area contributed by atoms with Crippen LogP contribution in [0.15, 0.2) is 65.6 Å². The molecule has 36 heavy (non-hydrogen) atoms. The molecule has 1 amide bonds. The Morgan fingerprint density at radius 3 is 2.00 bits per heavy atom. The third kappa shape index (κ3) is 5.95. The first-order valence-corrected chi connectivity index (χ1v) is 12.3. The number of benzene rings is 3. The molecular weight excluding hydrogens is 484 g/mol. The summed E-state index contributed by atoms with van der Waals surface area (Å²) in [5, 5.41) is 2.68. The van der Waals surface area contributed by atoms with E-state index < -0.39 is 28.4 Å². The molecule has 0 saturated heterocycles. The number of hydrogen-bond donors (Lipinski definition) is 1. The van der Waals surface area contributed by atoms with Gasteiger partial charge in [-0.25, -0.2) is 13.2 Å². The number of carbonyl (C=O) groups excluding carboxylic acids is 2.